The van der Waals surface area contributed by atoms with Gasteiger partial charge in [0, 0.05) is 18.0 Å². The van der Waals surface area contributed by atoms with Gasteiger partial charge in [0.05, 0.1) is 13.2 Å². The summed E-state index contributed by atoms with van der Waals surface area (Å²) in [5.74, 6) is -0.741. The summed E-state index contributed by atoms with van der Waals surface area (Å²) in [6.07, 6.45) is 3.66. The Kier molecular flexibility index (Phi) is 4.47. The van der Waals surface area contributed by atoms with E-state index in [0.717, 1.165) is 16.7 Å². The molecular formula is C19H19NO2. The van der Waals surface area contributed by atoms with Crippen molar-refractivity contribution in [3.63, 3.8) is 0 Å². The topological polar surface area (TPSA) is 30.8 Å². The molecule has 0 atom stereocenters. The van der Waals surface area contributed by atoms with Crippen LogP contribution in [0.15, 0.2) is 71.9 Å². The molecule has 112 valence electrons. The highest BCUT2D eigenvalue weighted by Crippen LogP contribution is 2.34. The quantitative estimate of drug-likeness (QED) is 0.800. The largest absolute Gasteiger partial charge is 0.344 e. The molecule has 1 aliphatic heterocycles. The van der Waals surface area contributed by atoms with E-state index in [1.807, 2.05) is 80.0 Å². The Morgan fingerprint density at radius 2 is 1.55 bits per heavy atom. The first kappa shape index (κ1) is 14.7. The summed E-state index contributed by atoms with van der Waals surface area (Å²) in [4.78, 5) is 4.46. The summed E-state index contributed by atoms with van der Waals surface area (Å²) in [6.45, 7) is 3.14. The molecule has 0 spiro atoms. The zero-order valence-electron chi connectivity index (χ0n) is 12.6. The van der Waals surface area contributed by atoms with E-state index in [4.69, 9.17) is 9.47 Å². The molecule has 0 N–H and O–H groups in total. The summed E-state index contributed by atoms with van der Waals surface area (Å²) < 4.78 is 11.6. The Balaban J connectivity index is 1.92. The smallest absolute Gasteiger partial charge is 0.194 e. The molecule has 0 bridgehead atoms. The van der Waals surface area contributed by atoms with E-state index in [9.17, 15) is 0 Å². The fourth-order valence-corrected chi connectivity index (χ4v) is 2.48. The number of nitrogens with zero attached hydrogens (tertiary/aromatic N) is 1. The van der Waals surface area contributed by atoms with Crippen molar-refractivity contribution in [3.05, 3.63) is 78.0 Å². The monoisotopic (exact) mass is 293 g/mol. The van der Waals surface area contributed by atoms with Crippen molar-refractivity contribution in [2.24, 2.45) is 4.99 Å². The van der Waals surface area contributed by atoms with Crippen molar-refractivity contribution in [1.82, 2.24) is 0 Å². The first-order chi connectivity index (χ1) is 10.8. The van der Waals surface area contributed by atoms with Gasteiger partial charge in [-0.3, -0.25) is 4.99 Å². The fraction of sp³-hybridized carbons (Fsp3) is 0.211. The Morgan fingerprint density at radius 3 is 2.18 bits per heavy atom. The highest BCUT2D eigenvalue weighted by atomic mass is 16.7. The molecule has 22 heavy (non-hydrogen) atoms. The molecule has 2 aromatic carbocycles. The van der Waals surface area contributed by atoms with E-state index in [-0.39, 0.29) is 0 Å². The molecule has 0 amide bonds. The summed E-state index contributed by atoms with van der Waals surface area (Å²) in [6, 6.07) is 20.1. The van der Waals surface area contributed by atoms with Crippen molar-refractivity contribution in [2.45, 2.75) is 12.7 Å². The van der Waals surface area contributed by atoms with E-state index < -0.39 is 5.79 Å². The normalized spacial score (nSPS) is 18.0. The molecule has 1 fully saturated rings. The van der Waals surface area contributed by atoms with Crippen LogP contribution in [0.2, 0.25) is 0 Å². The minimum absolute atomic E-state index is 0.600. The van der Waals surface area contributed by atoms with E-state index >= 15 is 0 Å². The molecule has 0 aromatic heterocycles. The van der Waals surface area contributed by atoms with Crippen molar-refractivity contribution in [3.8, 4) is 0 Å². The Bertz CT molecular complexity index is 656. The molecular weight excluding hydrogens is 274 g/mol. The fourth-order valence-electron chi connectivity index (χ4n) is 2.48. The lowest BCUT2D eigenvalue weighted by Gasteiger charge is -2.25. The molecule has 0 unspecified atom stereocenters. The first-order valence-corrected chi connectivity index (χ1v) is 7.40. The Labute approximate surface area is 130 Å². The molecule has 3 heteroatoms. The lowest BCUT2D eigenvalue weighted by molar-refractivity contribution is -0.0904. The molecule has 0 saturated carbocycles. The first-order valence-electron chi connectivity index (χ1n) is 7.40. The molecule has 3 nitrogen and oxygen atoms in total. The molecule has 1 saturated heterocycles. The SMILES string of the molecule is CC1(/C(=C/N=Cc2ccccc2)c2ccccc2)OCCO1. The van der Waals surface area contributed by atoms with Crippen LogP contribution in [0, 0.1) is 0 Å². The summed E-state index contributed by atoms with van der Waals surface area (Å²) >= 11 is 0. The highest BCUT2D eigenvalue weighted by Gasteiger charge is 2.36. The van der Waals surface area contributed by atoms with Crippen LogP contribution in [0.25, 0.3) is 5.57 Å². The van der Waals surface area contributed by atoms with E-state index in [0.29, 0.717) is 13.2 Å². The van der Waals surface area contributed by atoms with Crippen LogP contribution < -0.4 is 0 Å². The number of rotatable bonds is 4. The second-order valence-electron chi connectivity index (χ2n) is 5.24. The predicted octanol–water partition coefficient (Wildman–Crippen LogP) is 3.91. The van der Waals surface area contributed by atoms with E-state index in [1.165, 1.54) is 0 Å². The molecule has 2 aromatic rings. The van der Waals surface area contributed by atoms with Crippen LogP contribution >= 0.6 is 0 Å². The summed E-state index contributed by atoms with van der Waals surface area (Å²) in [5, 5.41) is 0. The van der Waals surface area contributed by atoms with Gasteiger partial charge in [0.1, 0.15) is 0 Å². The van der Waals surface area contributed by atoms with Crippen molar-refractivity contribution >= 4 is 11.8 Å². The van der Waals surface area contributed by atoms with Gasteiger partial charge in [0.2, 0.25) is 0 Å². The minimum Gasteiger partial charge on any atom is -0.344 e. The maximum absolute atomic E-state index is 5.80. The van der Waals surface area contributed by atoms with Gasteiger partial charge in [-0.1, -0.05) is 60.7 Å². The van der Waals surface area contributed by atoms with Crippen molar-refractivity contribution in [1.29, 1.82) is 0 Å². The van der Waals surface area contributed by atoms with Crippen LogP contribution in [0.4, 0.5) is 0 Å². The van der Waals surface area contributed by atoms with E-state index in [2.05, 4.69) is 4.99 Å². The lowest BCUT2D eigenvalue weighted by atomic mass is 9.99. The van der Waals surface area contributed by atoms with Crippen molar-refractivity contribution in [2.75, 3.05) is 13.2 Å². The predicted molar refractivity (Wildman–Crippen MR) is 88.8 cm³/mol. The van der Waals surface area contributed by atoms with Crippen LogP contribution in [0.3, 0.4) is 0 Å². The number of benzene rings is 2. The van der Waals surface area contributed by atoms with Crippen LogP contribution in [-0.4, -0.2) is 25.2 Å². The zero-order valence-corrected chi connectivity index (χ0v) is 12.6. The summed E-state index contributed by atoms with van der Waals surface area (Å²) in [7, 11) is 0. The average molecular weight is 293 g/mol. The van der Waals surface area contributed by atoms with Gasteiger partial charge in [0.25, 0.3) is 0 Å². The Morgan fingerprint density at radius 1 is 0.955 bits per heavy atom. The zero-order chi connectivity index (χ0) is 15.3. The lowest BCUT2D eigenvalue weighted by Crippen LogP contribution is -2.27. The maximum atomic E-state index is 5.80. The van der Waals surface area contributed by atoms with Gasteiger partial charge in [0.15, 0.2) is 5.79 Å². The number of hydrogen-bond donors (Lipinski definition) is 0. The second kappa shape index (κ2) is 6.69. The second-order valence-corrected chi connectivity index (χ2v) is 5.24. The van der Waals surface area contributed by atoms with Gasteiger partial charge in [-0.2, -0.15) is 0 Å². The van der Waals surface area contributed by atoms with E-state index in [1.54, 1.807) is 0 Å². The standard InChI is InChI=1S/C19H19NO2/c1-19(21-12-13-22-19)18(17-10-6-3-7-11-17)15-20-14-16-8-4-2-5-9-16/h2-11,14-15H,12-13H2,1H3/b18-15+,20-14?. The van der Waals surface area contributed by atoms with Crippen LogP contribution in [-0.2, 0) is 9.47 Å². The number of aliphatic imine (C=N–C) groups is 1. The third kappa shape index (κ3) is 3.32. The molecule has 1 heterocycles. The van der Waals surface area contributed by atoms with Gasteiger partial charge < -0.3 is 9.47 Å². The van der Waals surface area contributed by atoms with Crippen LogP contribution in [0.5, 0.6) is 0 Å². The van der Waals surface area contributed by atoms with Crippen LogP contribution in [0.1, 0.15) is 18.1 Å². The number of hydrogen-bond acceptors (Lipinski definition) is 3. The highest BCUT2D eigenvalue weighted by molar-refractivity contribution is 5.81. The molecule has 0 aliphatic carbocycles. The van der Waals surface area contributed by atoms with Crippen molar-refractivity contribution < 1.29 is 9.47 Å². The molecule has 3 rings (SSSR count). The van der Waals surface area contributed by atoms with Gasteiger partial charge in [-0.15, -0.1) is 0 Å². The Hall–Kier alpha value is -2.23. The summed E-state index contributed by atoms with van der Waals surface area (Å²) in [5.41, 5.74) is 3.04. The maximum Gasteiger partial charge on any atom is 0.194 e. The van der Waals surface area contributed by atoms with Gasteiger partial charge >= 0.3 is 0 Å². The minimum atomic E-state index is -0.741. The average Bonchev–Trinajstić information content (AvgIpc) is 3.01. The molecule has 0 radical (unpaired) electrons. The van der Waals surface area contributed by atoms with Gasteiger partial charge in [-0.25, -0.2) is 0 Å². The third-order valence-electron chi connectivity index (χ3n) is 3.64. The third-order valence-corrected chi connectivity index (χ3v) is 3.64. The number of ether oxygens (including phenoxy) is 2. The van der Waals surface area contributed by atoms with Gasteiger partial charge in [-0.05, 0) is 18.1 Å². The molecule has 1 aliphatic rings.